The first-order chi connectivity index (χ1) is 38.0. The van der Waals surface area contributed by atoms with Crippen LogP contribution in [0.25, 0.3) is 0 Å². The number of hydrogen-bond donors (Lipinski definition) is 0. The molecule has 0 saturated carbocycles. The van der Waals surface area contributed by atoms with Crippen LogP contribution in [-0.4, -0.2) is 37.2 Å². The van der Waals surface area contributed by atoms with Gasteiger partial charge in [-0.1, -0.05) is 311 Å². The van der Waals surface area contributed by atoms with Gasteiger partial charge in [0, 0.05) is 19.3 Å². The van der Waals surface area contributed by atoms with Crippen molar-refractivity contribution in [2.75, 3.05) is 13.2 Å². The van der Waals surface area contributed by atoms with Crippen LogP contribution >= 0.6 is 0 Å². The standard InChI is InChI=1S/C71H122O6/c1-4-7-10-13-16-19-22-25-27-29-31-32-33-34-35-36-37-38-40-41-43-46-49-52-55-58-61-64-70(73)76-67-68(66-75-69(72)63-60-57-54-51-48-45-24-21-18-15-12-9-6-3)77-71(74)65-62-59-56-53-50-47-44-42-39-30-28-26-23-20-17-14-11-8-5-2/h7,9-10,12,16,18-19,21,25,27,31-32,45,48,54,57,68H,4-6,8,11,13-15,17,20,22-24,26,28-30,33-44,46-47,49-53,55-56,58-67H2,1-3H3/b10-7-,12-9-,19-16-,21-18-,27-25-,32-31-,48-45-,57-54-. The number of ether oxygens (including phenoxy) is 3. The minimum atomic E-state index is -0.805. The van der Waals surface area contributed by atoms with Crippen LogP contribution in [0, 0.1) is 0 Å². The van der Waals surface area contributed by atoms with E-state index in [2.05, 4.69) is 112 Å². The first-order valence-electron chi connectivity index (χ1n) is 32.7. The minimum absolute atomic E-state index is 0.0966. The first kappa shape index (κ1) is 73.3. The van der Waals surface area contributed by atoms with Crippen molar-refractivity contribution in [3.05, 3.63) is 97.2 Å². The molecule has 0 N–H and O–H groups in total. The summed E-state index contributed by atoms with van der Waals surface area (Å²) in [6, 6.07) is 0. The van der Waals surface area contributed by atoms with Crippen LogP contribution in [0.5, 0.6) is 0 Å². The van der Waals surface area contributed by atoms with E-state index in [1.165, 1.54) is 180 Å². The summed E-state index contributed by atoms with van der Waals surface area (Å²) in [5.41, 5.74) is 0. The molecular formula is C71H122O6. The Labute approximate surface area is 477 Å². The van der Waals surface area contributed by atoms with E-state index in [0.29, 0.717) is 19.3 Å². The molecule has 0 aromatic heterocycles. The normalized spacial score (nSPS) is 12.7. The number of carbonyl (C=O) groups excluding carboxylic acids is 3. The maximum Gasteiger partial charge on any atom is 0.306 e. The fourth-order valence-electron chi connectivity index (χ4n) is 9.27. The SMILES string of the molecule is CC/C=C\C/C=C\C/C=C\C/C=C\CCCCCCCCCCCCCCCCC(=O)OCC(COC(=O)CC/C=C\C/C=C\C/C=C\C/C=C\CC)OC(=O)CCCCCCCCCCCCCCCCCCCCC. The molecule has 0 heterocycles. The largest absolute Gasteiger partial charge is 0.462 e. The Balaban J connectivity index is 4.29. The molecule has 77 heavy (non-hydrogen) atoms. The number of hydrogen-bond acceptors (Lipinski definition) is 6. The Hall–Kier alpha value is -3.67. The fourth-order valence-corrected chi connectivity index (χ4v) is 9.27. The summed E-state index contributed by atoms with van der Waals surface area (Å²) in [5, 5.41) is 0. The molecular weight excluding hydrogens is 949 g/mol. The topological polar surface area (TPSA) is 78.9 Å². The van der Waals surface area contributed by atoms with E-state index in [9.17, 15) is 14.4 Å². The van der Waals surface area contributed by atoms with E-state index in [-0.39, 0.29) is 37.5 Å². The Morgan fingerprint density at radius 2 is 0.532 bits per heavy atom. The van der Waals surface area contributed by atoms with Gasteiger partial charge in [-0.3, -0.25) is 14.4 Å². The van der Waals surface area contributed by atoms with Crippen molar-refractivity contribution in [2.24, 2.45) is 0 Å². The maximum atomic E-state index is 12.9. The van der Waals surface area contributed by atoms with Crippen molar-refractivity contribution in [1.82, 2.24) is 0 Å². The van der Waals surface area contributed by atoms with Crippen LogP contribution in [0.4, 0.5) is 0 Å². The van der Waals surface area contributed by atoms with Crippen LogP contribution in [0.2, 0.25) is 0 Å². The van der Waals surface area contributed by atoms with Crippen LogP contribution < -0.4 is 0 Å². The third-order valence-corrected chi connectivity index (χ3v) is 14.1. The average molecular weight is 1070 g/mol. The van der Waals surface area contributed by atoms with E-state index in [1.807, 2.05) is 6.08 Å². The molecule has 0 saturated heterocycles. The maximum absolute atomic E-state index is 12.9. The molecule has 0 aliphatic rings. The summed E-state index contributed by atoms with van der Waals surface area (Å²) in [5.74, 6) is -0.968. The zero-order valence-corrected chi connectivity index (χ0v) is 50.7. The van der Waals surface area contributed by atoms with Gasteiger partial charge in [0.05, 0.1) is 0 Å². The Morgan fingerprint density at radius 1 is 0.273 bits per heavy atom. The highest BCUT2D eigenvalue weighted by Gasteiger charge is 2.19. The van der Waals surface area contributed by atoms with Crippen molar-refractivity contribution in [1.29, 1.82) is 0 Å². The molecule has 0 aliphatic carbocycles. The Kier molecular flexibility index (Phi) is 61.8. The second-order valence-electron chi connectivity index (χ2n) is 21.6. The average Bonchev–Trinajstić information content (AvgIpc) is 3.43. The molecule has 442 valence electrons. The predicted molar refractivity (Wildman–Crippen MR) is 334 cm³/mol. The summed E-state index contributed by atoms with van der Waals surface area (Å²) in [6.45, 7) is 6.39. The van der Waals surface area contributed by atoms with Crippen molar-refractivity contribution in [2.45, 2.75) is 322 Å². The lowest BCUT2D eigenvalue weighted by Crippen LogP contribution is -2.30. The second-order valence-corrected chi connectivity index (χ2v) is 21.6. The lowest BCUT2D eigenvalue weighted by atomic mass is 10.0. The summed E-state index contributed by atoms with van der Waals surface area (Å²) >= 11 is 0. The van der Waals surface area contributed by atoms with Gasteiger partial charge in [0.2, 0.25) is 0 Å². The lowest BCUT2D eigenvalue weighted by molar-refractivity contribution is -0.166. The third kappa shape index (κ3) is 63.0. The minimum Gasteiger partial charge on any atom is -0.462 e. The van der Waals surface area contributed by atoms with Gasteiger partial charge in [-0.2, -0.15) is 0 Å². The van der Waals surface area contributed by atoms with E-state index >= 15 is 0 Å². The second kappa shape index (κ2) is 64.9. The molecule has 0 radical (unpaired) electrons. The van der Waals surface area contributed by atoms with E-state index in [4.69, 9.17) is 14.2 Å². The molecule has 0 aliphatic heterocycles. The zero-order chi connectivity index (χ0) is 55.7. The third-order valence-electron chi connectivity index (χ3n) is 14.1. The number of rotatable bonds is 59. The van der Waals surface area contributed by atoms with E-state index in [1.54, 1.807) is 0 Å². The predicted octanol–water partition coefficient (Wildman–Crippen LogP) is 22.4. The van der Waals surface area contributed by atoms with Gasteiger partial charge in [0.1, 0.15) is 13.2 Å². The van der Waals surface area contributed by atoms with Gasteiger partial charge in [0.15, 0.2) is 6.10 Å². The lowest BCUT2D eigenvalue weighted by Gasteiger charge is -2.18. The molecule has 1 atom stereocenters. The smallest absolute Gasteiger partial charge is 0.306 e. The van der Waals surface area contributed by atoms with Crippen molar-refractivity contribution < 1.29 is 28.6 Å². The molecule has 1 unspecified atom stereocenters. The molecule has 0 bridgehead atoms. The number of carbonyl (C=O) groups is 3. The summed E-state index contributed by atoms with van der Waals surface area (Å²) < 4.78 is 16.9. The van der Waals surface area contributed by atoms with Crippen LogP contribution in [0.15, 0.2) is 97.2 Å². The molecule has 0 amide bonds. The molecule has 0 fully saturated rings. The van der Waals surface area contributed by atoms with E-state index in [0.717, 1.165) is 89.9 Å². The van der Waals surface area contributed by atoms with Crippen molar-refractivity contribution in [3.8, 4) is 0 Å². The molecule has 0 aromatic carbocycles. The van der Waals surface area contributed by atoms with Crippen LogP contribution in [0.3, 0.4) is 0 Å². The molecule has 0 spiro atoms. The van der Waals surface area contributed by atoms with Gasteiger partial charge in [-0.15, -0.1) is 0 Å². The van der Waals surface area contributed by atoms with Gasteiger partial charge >= 0.3 is 17.9 Å². The highest BCUT2D eigenvalue weighted by molar-refractivity contribution is 5.71. The summed E-state index contributed by atoms with van der Waals surface area (Å²) in [7, 11) is 0. The van der Waals surface area contributed by atoms with Crippen LogP contribution in [-0.2, 0) is 28.6 Å². The van der Waals surface area contributed by atoms with Gasteiger partial charge in [-0.25, -0.2) is 0 Å². The first-order valence-corrected chi connectivity index (χ1v) is 32.7. The Morgan fingerprint density at radius 3 is 0.870 bits per heavy atom. The number of unbranched alkanes of at least 4 members (excludes halogenated alkanes) is 32. The van der Waals surface area contributed by atoms with Gasteiger partial charge in [-0.05, 0) is 83.5 Å². The highest BCUT2D eigenvalue weighted by atomic mass is 16.6. The molecule has 6 nitrogen and oxygen atoms in total. The molecule has 0 rings (SSSR count). The van der Waals surface area contributed by atoms with E-state index < -0.39 is 6.10 Å². The van der Waals surface area contributed by atoms with Crippen molar-refractivity contribution >= 4 is 17.9 Å². The Bertz CT molecular complexity index is 1510. The van der Waals surface area contributed by atoms with Gasteiger partial charge in [0.25, 0.3) is 0 Å². The monoisotopic (exact) mass is 1070 g/mol. The van der Waals surface area contributed by atoms with Gasteiger partial charge < -0.3 is 14.2 Å². The zero-order valence-electron chi connectivity index (χ0n) is 50.7. The fraction of sp³-hybridized carbons (Fsp3) is 0.732. The number of allylic oxidation sites excluding steroid dienone is 16. The van der Waals surface area contributed by atoms with Crippen LogP contribution in [0.1, 0.15) is 316 Å². The molecule has 0 aromatic rings. The van der Waals surface area contributed by atoms with Crippen molar-refractivity contribution in [3.63, 3.8) is 0 Å². The number of esters is 3. The quantitative estimate of drug-likeness (QED) is 0.0261. The molecule has 6 heteroatoms. The highest BCUT2D eigenvalue weighted by Crippen LogP contribution is 2.17. The summed E-state index contributed by atoms with van der Waals surface area (Å²) in [6.07, 6.45) is 87.3. The summed E-state index contributed by atoms with van der Waals surface area (Å²) in [4.78, 5) is 38.3.